The fourth-order valence-electron chi connectivity index (χ4n) is 2.36. The van der Waals surface area contributed by atoms with Gasteiger partial charge in [0, 0.05) is 17.4 Å². The Balaban J connectivity index is 1.99. The zero-order chi connectivity index (χ0) is 12.1. The lowest BCUT2D eigenvalue weighted by molar-refractivity contribution is 0.401. The minimum atomic E-state index is -0.280. The molecule has 1 fully saturated rings. The van der Waals surface area contributed by atoms with Crippen LogP contribution in [0.3, 0.4) is 0 Å². The molecule has 5 heteroatoms. The van der Waals surface area contributed by atoms with Crippen molar-refractivity contribution in [1.82, 2.24) is 19.6 Å². The van der Waals surface area contributed by atoms with E-state index in [-0.39, 0.29) is 5.82 Å². The van der Waals surface area contributed by atoms with Crippen LogP contribution >= 0.6 is 0 Å². The highest BCUT2D eigenvalue weighted by molar-refractivity contribution is 5.90. The molecule has 4 nitrogen and oxygen atoms in total. The summed E-state index contributed by atoms with van der Waals surface area (Å²) < 4.78 is 14.8. The maximum atomic E-state index is 13.2. The highest BCUT2D eigenvalue weighted by Crippen LogP contribution is 2.34. The molecule has 1 aliphatic rings. The highest BCUT2D eigenvalue weighted by atomic mass is 19.1. The summed E-state index contributed by atoms with van der Waals surface area (Å²) >= 11 is 0. The van der Waals surface area contributed by atoms with Crippen LogP contribution in [-0.4, -0.2) is 19.6 Å². The summed E-state index contributed by atoms with van der Waals surface area (Å²) in [5.41, 5.74) is 1.39. The first-order chi connectivity index (χ1) is 8.81. The second kappa shape index (κ2) is 3.48. The van der Waals surface area contributed by atoms with Crippen molar-refractivity contribution < 1.29 is 4.39 Å². The zero-order valence-corrected chi connectivity index (χ0v) is 9.67. The molecule has 0 unspecified atom stereocenters. The Morgan fingerprint density at radius 2 is 2.17 bits per heavy atom. The van der Waals surface area contributed by atoms with Gasteiger partial charge in [-0.3, -0.25) is 0 Å². The lowest BCUT2D eigenvalue weighted by Gasteiger charge is -2.21. The van der Waals surface area contributed by atoms with E-state index in [4.69, 9.17) is 0 Å². The van der Waals surface area contributed by atoms with Crippen LogP contribution in [0.1, 0.15) is 31.0 Å². The van der Waals surface area contributed by atoms with Crippen molar-refractivity contribution >= 4 is 16.6 Å². The molecular formula is C13H11FN4. The van der Waals surface area contributed by atoms with Gasteiger partial charge in [-0.1, -0.05) is 6.42 Å². The number of fused-ring (bicyclic) bond motifs is 3. The van der Waals surface area contributed by atoms with Gasteiger partial charge < -0.3 is 0 Å². The van der Waals surface area contributed by atoms with Crippen LogP contribution in [-0.2, 0) is 0 Å². The second-order valence-electron chi connectivity index (χ2n) is 4.77. The van der Waals surface area contributed by atoms with Crippen LogP contribution in [0.4, 0.5) is 4.39 Å². The molecule has 90 valence electrons. The maximum absolute atomic E-state index is 13.2. The van der Waals surface area contributed by atoms with Crippen molar-refractivity contribution in [3.63, 3.8) is 0 Å². The summed E-state index contributed by atoms with van der Waals surface area (Å²) in [6, 6.07) is 4.57. The first-order valence-electron chi connectivity index (χ1n) is 6.12. The largest absolute Gasteiger partial charge is 0.236 e. The standard InChI is InChI=1S/C13H11FN4/c14-9-4-5-10-11(6-9)15-7-18-13(10)16-12(17-18)8-2-1-3-8/h4-8H,1-3H2. The summed E-state index contributed by atoms with van der Waals surface area (Å²) in [6.07, 6.45) is 5.18. The number of nitrogens with zero attached hydrogens (tertiary/aromatic N) is 4. The monoisotopic (exact) mass is 242 g/mol. The maximum Gasteiger partial charge on any atom is 0.166 e. The van der Waals surface area contributed by atoms with Gasteiger partial charge in [0.25, 0.3) is 0 Å². The van der Waals surface area contributed by atoms with E-state index in [2.05, 4.69) is 15.1 Å². The molecule has 0 saturated heterocycles. The molecular weight excluding hydrogens is 231 g/mol. The molecule has 0 radical (unpaired) electrons. The molecule has 3 aromatic rings. The van der Waals surface area contributed by atoms with Crippen molar-refractivity contribution in [1.29, 1.82) is 0 Å². The molecule has 2 aromatic heterocycles. The zero-order valence-electron chi connectivity index (χ0n) is 9.67. The van der Waals surface area contributed by atoms with E-state index in [0.717, 1.165) is 29.7 Å². The number of rotatable bonds is 1. The van der Waals surface area contributed by atoms with E-state index < -0.39 is 0 Å². The Labute approximate surface area is 102 Å². The predicted molar refractivity (Wildman–Crippen MR) is 64.8 cm³/mol. The van der Waals surface area contributed by atoms with Gasteiger partial charge in [-0.2, -0.15) is 0 Å². The molecule has 1 saturated carbocycles. The third kappa shape index (κ3) is 1.33. The minimum absolute atomic E-state index is 0.280. The normalized spacial score (nSPS) is 16.3. The van der Waals surface area contributed by atoms with E-state index in [9.17, 15) is 4.39 Å². The summed E-state index contributed by atoms with van der Waals surface area (Å²) in [4.78, 5) is 8.79. The SMILES string of the molecule is Fc1ccc2c(c1)ncn1nc(C3CCC3)nc21. The Morgan fingerprint density at radius 3 is 2.94 bits per heavy atom. The smallest absolute Gasteiger partial charge is 0.166 e. The molecule has 0 atom stereocenters. The van der Waals surface area contributed by atoms with Crippen LogP contribution < -0.4 is 0 Å². The van der Waals surface area contributed by atoms with Crippen LogP contribution in [0, 0.1) is 5.82 Å². The molecule has 0 bridgehead atoms. The Morgan fingerprint density at radius 1 is 1.28 bits per heavy atom. The van der Waals surface area contributed by atoms with Crippen molar-refractivity contribution in [2.24, 2.45) is 0 Å². The van der Waals surface area contributed by atoms with Crippen molar-refractivity contribution in [2.75, 3.05) is 0 Å². The van der Waals surface area contributed by atoms with Crippen molar-refractivity contribution in [3.8, 4) is 0 Å². The number of aromatic nitrogens is 4. The average molecular weight is 242 g/mol. The molecule has 4 rings (SSSR count). The topological polar surface area (TPSA) is 43.1 Å². The number of hydrogen-bond donors (Lipinski definition) is 0. The molecule has 0 spiro atoms. The van der Waals surface area contributed by atoms with E-state index in [1.54, 1.807) is 16.9 Å². The minimum Gasteiger partial charge on any atom is -0.236 e. The van der Waals surface area contributed by atoms with Crippen LogP contribution in [0.2, 0.25) is 0 Å². The molecule has 1 aliphatic carbocycles. The van der Waals surface area contributed by atoms with E-state index >= 15 is 0 Å². The van der Waals surface area contributed by atoms with Gasteiger partial charge in [-0.05, 0) is 25.0 Å². The van der Waals surface area contributed by atoms with Gasteiger partial charge >= 0.3 is 0 Å². The number of halogens is 1. The number of benzene rings is 1. The summed E-state index contributed by atoms with van der Waals surface area (Å²) in [7, 11) is 0. The first kappa shape index (κ1) is 9.94. The third-order valence-corrected chi connectivity index (χ3v) is 3.62. The Kier molecular flexibility index (Phi) is 1.92. The average Bonchev–Trinajstić information content (AvgIpc) is 2.69. The fraction of sp³-hybridized carbons (Fsp3) is 0.308. The molecule has 0 aliphatic heterocycles. The Bertz CT molecular complexity index is 745. The molecule has 0 N–H and O–H groups in total. The van der Waals surface area contributed by atoms with Gasteiger partial charge in [-0.25, -0.2) is 18.9 Å². The fourth-order valence-corrected chi connectivity index (χ4v) is 2.36. The summed E-state index contributed by atoms with van der Waals surface area (Å²) in [5, 5.41) is 5.30. The molecule has 0 amide bonds. The van der Waals surface area contributed by atoms with Gasteiger partial charge in [-0.15, -0.1) is 5.10 Å². The quantitative estimate of drug-likeness (QED) is 0.659. The lowest BCUT2D eigenvalue weighted by Crippen LogP contribution is -2.10. The Hall–Kier alpha value is -2.04. The molecule has 1 aromatic carbocycles. The summed E-state index contributed by atoms with van der Waals surface area (Å²) in [5.74, 6) is 1.10. The van der Waals surface area contributed by atoms with Gasteiger partial charge in [0.2, 0.25) is 0 Å². The van der Waals surface area contributed by atoms with Crippen molar-refractivity contribution in [3.05, 3.63) is 36.2 Å². The third-order valence-electron chi connectivity index (χ3n) is 3.62. The van der Waals surface area contributed by atoms with Crippen molar-refractivity contribution in [2.45, 2.75) is 25.2 Å². The molecule has 2 heterocycles. The summed E-state index contributed by atoms with van der Waals surface area (Å²) in [6.45, 7) is 0. The van der Waals surface area contributed by atoms with Gasteiger partial charge in [0.15, 0.2) is 11.5 Å². The second-order valence-corrected chi connectivity index (χ2v) is 4.77. The van der Waals surface area contributed by atoms with Crippen LogP contribution in [0.5, 0.6) is 0 Å². The predicted octanol–water partition coefficient (Wildman–Crippen LogP) is 2.68. The van der Waals surface area contributed by atoms with Gasteiger partial charge in [0.05, 0.1) is 5.52 Å². The molecule has 18 heavy (non-hydrogen) atoms. The number of hydrogen-bond acceptors (Lipinski definition) is 3. The highest BCUT2D eigenvalue weighted by Gasteiger charge is 2.24. The van der Waals surface area contributed by atoms with E-state index in [1.165, 1.54) is 18.6 Å². The van der Waals surface area contributed by atoms with Gasteiger partial charge in [0.1, 0.15) is 12.1 Å². The van der Waals surface area contributed by atoms with Crippen LogP contribution in [0.15, 0.2) is 24.5 Å². The van der Waals surface area contributed by atoms with E-state index in [1.807, 2.05) is 0 Å². The van der Waals surface area contributed by atoms with E-state index in [0.29, 0.717) is 11.4 Å². The lowest BCUT2D eigenvalue weighted by atomic mass is 9.85. The first-order valence-corrected chi connectivity index (χ1v) is 6.12. The van der Waals surface area contributed by atoms with Crippen LogP contribution in [0.25, 0.3) is 16.6 Å².